The molecule has 0 aromatic heterocycles. The van der Waals surface area contributed by atoms with Crippen molar-refractivity contribution in [3.63, 3.8) is 0 Å². The Labute approximate surface area is 120 Å². The Morgan fingerprint density at radius 3 is 2.75 bits per heavy atom. The van der Waals surface area contributed by atoms with Gasteiger partial charge in [-0.25, -0.2) is 0 Å². The number of likely N-dealkylation sites (tertiary alicyclic amines) is 1. The van der Waals surface area contributed by atoms with Crippen LogP contribution >= 0.6 is 0 Å². The largest absolute Gasteiger partial charge is 0.507 e. The lowest BCUT2D eigenvalue weighted by Crippen LogP contribution is -2.49. The SMILES string of the molecule is Cc1ccc(C(=O)N2CCCC3CCCCC32)c(O)c1. The second kappa shape index (κ2) is 5.47. The first-order valence-corrected chi connectivity index (χ1v) is 7.77. The highest BCUT2D eigenvalue weighted by molar-refractivity contribution is 5.97. The Morgan fingerprint density at radius 2 is 1.95 bits per heavy atom. The van der Waals surface area contributed by atoms with Crippen molar-refractivity contribution in [2.75, 3.05) is 6.54 Å². The van der Waals surface area contributed by atoms with E-state index in [4.69, 9.17) is 0 Å². The molecule has 1 aliphatic heterocycles. The number of carbonyl (C=O) groups excluding carboxylic acids is 1. The highest BCUT2D eigenvalue weighted by atomic mass is 16.3. The Bertz CT molecular complexity index is 510. The average Bonchev–Trinajstić information content (AvgIpc) is 2.46. The summed E-state index contributed by atoms with van der Waals surface area (Å²) in [5.74, 6) is 0.807. The molecule has 2 aliphatic rings. The third kappa shape index (κ3) is 2.41. The molecule has 1 amide bonds. The zero-order chi connectivity index (χ0) is 14.1. The van der Waals surface area contributed by atoms with Crippen LogP contribution in [0, 0.1) is 12.8 Å². The van der Waals surface area contributed by atoms with Gasteiger partial charge in [0.05, 0.1) is 5.56 Å². The molecule has 1 aromatic rings. The van der Waals surface area contributed by atoms with E-state index >= 15 is 0 Å². The molecule has 3 nitrogen and oxygen atoms in total. The predicted octanol–water partition coefficient (Wildman–Crippen LogP) is 3.50. The van der Waals surface area contributed by atoms with E-state index < -0.39 is 0 Å². The van der Waals surface area contributed by atoms with E-state index in [9.17, 15) is 9.90 Å². The standard InChI is InChI=1S/C17H23NO2/c1-12-8-9-14(16(19)11-12)17(20)18-10-4-6-13-5-2-3-7-15(13)18/h8-9,11,13,15,19H,2-7,10H2,1H3. The summed E-state index contributed by atoms with van der Waals surface area (Å²) in [6.45, 7) is 2.76. The summed E-state index contributed by atoms with van der Waals surface area (Å²) in [5.41, 5.74) is 1.44. The molecule has 0 radical (unpaired) electrons. The molecule has 3 heteroatoms. The van der Waals surface area contributed by atoms with Gasteiger partial charge in [0.15, 0.2) is 0 Å². The Balaban J connectivity index is 1.85. The van der Waals surface area contributed by atoms with Gasteiger partial charge in [0.2, 0.25) is 0 Å². The zero-order valence-electron chi connectivity index (χ0n) is 12.1. The molecular formula is C17H23NO2. The Hall–Kier alpha value is -1.51. The van der Waals surface area contributed by atoms with Crippen LogP contribution in [0.2, 0.25) is 0 Å². The number of hydrogen-bond donors (Lipinski definition) is 1. The van der Waals surface area contributed by atoms with Gasteiger partial charge in [-0.2, -0.15) is 0 Å². The van der Waals surface area contributed by atoms with Crippen molar-refractivity contribution in [1.82, 2.24) is 4.90 Å². The molecule has 2 fully saturated rings. The summed E-state index contributed by atoms with van der Waals surface area (Å²) in [6, 6.07) is 5.73. The lowest BCUT2D eigenvalue weighted by molar-refractivity contribution is 0.0388. The lowest BCUT2D eigenvalue weighted by atomic mass is 9.78. The maximum Gasteiger partial charge on any atom is 0.257 e. The van der Waals surface area contributed by atoms with Gasteiger partial charge in [-0.1, -0.05) is 18.9 Å². The minimum Gasteiger partial charge on any atom is -0.507 e. The van der Waals surface area contributed by atoms with Gasteiger partial charge in [0, 0.05) is 12.6 Å². The fourth-order valence-electron chi connectivity index (χ4n) is 3.85. The van der Waals surface area contributed by atoms with Crippen molar-refractivity contribution < 1.29 is 9.90 Å². The second-order valence-electron chi connectivity index (χ2n) is 6.27. The molecule has 1 aliphatic carbocycles. The van der Waals surface area contributed by atoms with Crippen LogP contribution in [-0.2, 0) is 0 Å². The normalized spacial score (nSPS) is 26.1. The summed E-state index contributed by atoms with van der Waals surface area (Å²) in [6.07, 6.45) is 7.27. The molecule has 1 saturated carbocycles. The van der Waals surface area contributed by atoms with E-state index in [0.717, 1.165) is 24.9 Å². The number of benzene rings is 1. The van der Waals surface area contributed by atoms with Crippen molar-refractivity contribution in [2.24, 2.45) is 5.92 Å². The van der Waals surface area contributed by atoms with Crippen molar-refractivity contribution in [3.05, 3.63) is 29.3 Å². The quantitative estimate of drug-likeness (QED) is 0.850. The summed E-state index contributed by atoms with van der Waals surface area (Å²) >= 11 is 0. The van der Waals surface area contributed by atoms with Crippen molar-refractivity contribution in [1.29, 1.82) is 0 Å². The fourth-order valence-corrected chi connectivity index (χ4v) is 3.85. The van der Waals surface area contributed by atoms with Gasteiger partial charge >= 0.3 is 0 Å². The van der Waals surface area contributed by atoms with Crippen molar-refractivity contribution in [3.8, 4) is 5.75 Å². The predicted molar refractivity (Wildman–Crippen MR) is 78.9 cm³/mol. The average molecular weight is 273 g/mol. The molecule has 1 heterocycles. The molecule has 2 unspecified atom stereocenters. The number of amides is 1. The summed E-state index contributed by atoms with van der Waals surface area (Å²) in [5, 5.41) is 10.0. The van der Waals surface area contributed by atoms with E-state index in [2.05, 4.69) is 0 Å². The Kier molecular flexibility index (Phi) is 3.68. The minimum absolute atomic E-state index is 0.0131. The summed E-state index contributed by atoms with van der Waals surface area (Å²) in [7, 11) is 0. The van der Waals surface area contributed by atoms with E-state index in [1.165, 1.54) is 25.7 Å². The number of carbonyl (C=O) groups is 1. The fraction of sp³-hybridized carbons (Fsp3) is 0.588. The number of aromatic hydroxyl groups is 1. The molecule has 108 valence electrons. The first kappa shape index (κ1) is 13.5. The molecular weight excluding hydrogens is 250 g/mol. The van der Waals surface area contributed by atoms with Crippen LogP contribution < -0.4 is 0 Å². The first-order chi connectivity index (χ1) is 9.66. The third-order valence-electron chi connectivity index (χ3n) is 4.89. The molecule has 1 aromatic carbocycles. The molecule has 3 rings (SSSR count). The monoisotopic (exact) mass is 273 g/mol. The molecule has 0 bridgehead atoms. The van der Waals surface area contributed by atoms with Gasteiger partial charge in [-0.15, -0.1) is 0 Å². The number of hydrogen-bond acceptors (Lipinski definition) is 2. The van der Waals surface area contributed by atoms with Gasteiger partial charge in [-0.3, -0.25) is 4.79 Å². The van der Waals surface area contributed by atoms with Crippen molar-refractivity contribution in [2.45, 2.75) is 51.5 Å². The first-order valence-electron chi connectivity index (χ1n) is 7.77. The number of rotatable bonds is 1. The second-order valence-corrected chi connectivity index (χ2v) is 6.27. The minimum atomic E-state index is 0.0131. The van der Waals surface area contributed by atoms with Crippen LogP contribution in [0.4, 0.5) is 0 Å². The number of piperidine rings is 1. The third-order valence-corrected chi connectivity index (χ3v) is 4.89. The van der Waals surface area contributed by atoms with E-state index in [1.807, 2.05) is 17.9 Å². The highest BCUT2D eigenvalue weighted by Crippen LogP contribution is 2.36. The maximum atomic E-state index is 12.8. The maximum absolute atomic E-state index is 12.8. The summed E-state index contributed by atoms with van der Waals surface area (Å²) < 4.78 is 0. The van der Waals surface area contributed by atoms with Gasteiger partial charge < -0.3 is 10.0 Å². The van der Waals surface area contributed by atoms with Gasteiger partial charge in [-0.05, 0) is 56.2 Å². The number of aryl methyl sites for hydroxylation is 1. The van der Waals surface area contributed by atoms with Gasteiger partial charge in [0.1, 0.15) is 5.75 Å². The lowest BCUT2D eigenvalue weighted by Gasteiger charge is -2.44. The Morgan fingerprint density at radius 1 is 1.20 bits per heavy atom. The highest BCUT2D eigenvalue weighted by Gasteiger charge is 2.36. The van der Waals surface area contributed by atoms with Crippen LogP contribution in [0.25, 0.3) is 0 Å². The number of nitrogens with zero attached hydrogens (tertiary/aromatic N) is 1. The topological polar surface area (TPSA) is 40.5 Å². The zero-order valence-corrected chi connectivity index (χ0v) is 12.1. The number of phenolic OH excluding ortho intramolecular Hbond substituents is 1. The van der Waals surface area contributed by atoms with Crippen LogP contribution in [0.1, 0.15) is 54.4 Å². The van der Waals surface area contributed by atoms with Crippen molar-refractivity contribution >= 4 is 5.91 Å². The van der Waals surface area contributed by atoms with E-state index in [1.54, 1.807) is 12.1 Å². The number of fused-ring (bicyclic) bond motifs is 1. The molecule has 1 saturated heterocycles. The molecule has 20 heavy (non-hydrogen) atoms. The molecule has 0 spiro atoms. The van der Waals surface area contributed by atoms with E-state index in [-0.39, 0.29) is 11.7 Å². The van der Waals surface area contributed by atoms with E-state index in [0.29, 0.717) is 17.5 Å². The smallest absolute Gasteiger partial charge is 0.257 e. The van der Waals surface area contributed by atoms with Crippen LogP contribution in [0.5, 0.6) is 5.75 Å². The van der Waals surface area contributed by atoms with Crippen LogP contribution in [-0.4, -0.2) is 28.5 Å². The van der Waals surface area contributed by atoms with Crippen LogP contribution in [0.15, 0.2) is 18.2 Å². The molecule has 1 N–H and O–H groups in total. The van der Waals surface area contributed by atoms with Gasteiger partial charge in [0.25, 0.3) is 5.91 Å². The number of phenols is 1. The van der Waals surface area contributed by atoms with Crippen LogP contribution in [0.3, 0.4) is 0 Å². The summed E-state index contributed by atoms with van der Waals surface area (Å²) in [4.78, 5) is 14.8. The molecule has 2 atom stereocenters.